The Balaban J connectivity index is 0.00000261. The average molecular weight is 481 g/mol. The highest BCUT2D eigenvalue weighted by Gasteiger charge is 2.21. The van der Waals surface area contributed by atoms with E-state index >= 15 is 0 Å². The molecule has 0 radical (unpaired) electrons. The molecule has 0 unspecified atom stereocenters. The van der Waals surface area contributed by atoms with Crippen LogP contribution in [0, 0.1) is 0 Å². The molecule has 1 aliphatic rings. The molecule has 1 aromatic heterocycles. The molecule has 2 aromatic rings. The van der Waals surface area contributed by atoms with Crippen molar-refractivity contribution in [2.45, 2.75) is 13.3 Å². The summed E-state index contributed by atoms with van der Waals surface area (Å²) >= 11 is 0. The molecular formula is C20H28IN5O. The first-order valence-corrected chi connectivity index (χ1v) is 9.23. The summed E-state index contributed by atoms with van der Waals surface area (Å²) in [5.74, 6) is 1.31. The van der Waals surface area contributed by atoms with Crippen LogP contribution in [0.5, 0.6) is 5.75 Å². The number of aromatic hydroxyl groups is 1. The number of phenolic OH excluding ortho intramolecular Hbond substituents is 1. The topological polar surface area (TPSA) is 64.0 Å². The van der Waals surface area contributed by atoms with Gasteiger partial charge < -0.3 is 20.2 Å². The summed E-state index contributed by atoms with van der Waals surface area (Å²) in [6.45, 7) is 7.18. The molecule has 2 N–H and O–H groups in total. The predicted octanol–water partition coefficient (Wildman–Crippen LogP) is 2.74. The lowest BCUT2D eigenvalue weighted by Gasteiger charge is -2.37. The first-order valence-electron chi connectivity index (χ1n) is 9.23. The summed E-state index contributed by atoms with van der Waals surface area (Å²) < 4.78 is 0. The van der Waals surface area contributed by atoms with Crippen molar-refractivity contribution in [2.75, 3.05) is 44.2 Å². The number of piperazine rings is 1. The monoisotopic (exact) mass is 481 g/mol. The molecule has 0 aliphatic carbocycles. The number of halogens is 1. The molecule has 0 spiro atoms. The Labute approximate surface area is 178 Å². The largest absolute Gasteiger partial charge is 0.506 e. The van der Waals surface area contributed by atoms with Gasteiger partial charge in [-0.15, -0.1) is 24.0 Å². The van der Waals surface area contributed by atoms with Gasteiger partial charge in [-0.3, -0.25) is 9.98 Å². The Morgan fingerprint density at radius 3 is 2.59 bits per heavy atom. The third-order valence-electron chi connectivity index (χ3n) is 4.52. The van der Waals surface area contributed by atoms with Gasteiger partial charge in [-0.05, 0) is 37.1 Å². The molecule has 1 aromatic carbocycles. The quantitative estimate of drug-likeness (QED) is 0.391. The number of nitrogens with zero attached hydrogens (tertiary/aromatic N) is 4. The van der Waals surface area contributed by atoms with E-state index in [-0.39, 0.29) is 24.0 Å². The molecule has 1 fully saturated rings. The smallest absolute Gasteiger partial charge is 0.194 e. The van der Waals surface area contributed by atoms with E-state index in [9.17, 15) is 5.11 Å². The molecule has 6 nitrogen and oxygen atoms in total. The second-order valence-corrected chi connectivity index (χ2v) is 6.31. The van der Waals surface area contributed by atoms with Crippen molar-refractivity contribution in [3.63, 3.8) is 0 Å². The number of nitrogens with one attached hydrogen (secondary N) is 1. The van der Waals surface area contributed by atoms with E-state index in [0.717, 1.165) is 57.3 Å². The first kappa shape index (κ1) is 21.3. The van der Waals surface area contributed by atoms with Crippen LogP contribution in [0.2, 0.25) is 0 Å². The fraction of sp³-hybridized carbons (Fsp3) is 0.400. The number of anilines is 1. The van der Waals surface area contributed by atoms with E-state index < -0.39 is 0 Å². The maximum absolute atomic E-state index is 10.1. The predicted molar refractivity (Wildman–Crippen MR) is 121 cm³/mol. The number of benzene rings is 1. The highest BCUT2D eigenvalue weighted by atomic mass is 127. The average Bonchev–Trinajstić information content (AvgIpc) is 2.69. The van der Waals surface area contributed by atoms with Gasteiger partial charge in [-0.2, -0.15) is 0 Å². The van der Waals surface area contributed by atoms with Gasteiger partial charge in [0.15, 0.2) is 5.96 Å². The lowest BCUT2D eigenvalue weighted by molar-refractivity contribution is 0.370. The van der Waals surface area contributed by atoms with Crippen molar-refractivity contribution < 1.29 is 5.11 Å². The summed E-state index contributed by atoms with van der Waals surface area (Å²) in [4.78, 5) is 13.5. The van der Waals surface area contributed by atoms with E-state index in [1.54, 1.807) is 12.3 Å². The second kappa shape index (κ2) is 11.0. The van der Waals surface area contributed by atoms with Crippen molar-refractivity contribution in [2.24, 2.45) is 4.99 Å². The zero-order valence-electron chi connectivity index (χ0n) is 15.7. The Bertz CT molecular complexity index is 717. The standard InChI is InChI=1S/C20H27N5O.HI/c1-2-22-20(23-11-9-17-6-5-10-21-16-17)25-14-12-24(13-15-25)18-7-3-4-8-19(18)26;/h3-8,10,16,26H,2,9,11-15H2,1H3,(H,22,23);1H. The number of aromatic nitrogens is 1. The van der Waals surface area contributed by atoms with Gasteiger partial charge in [0.25, 0.3) is 0 Å². The minimum atomic E-state index is 0. The molecule has 1 saturated heterocycles. The molecule has 7 heteroatoms. The molecule has 27 heavy (non-hydrogen) atoms. The molecule has 3 rings (SSSR count). The third-order valence-corrected chi connectivity index (χ3v) is 4.52. The van der Waals surface area contributed by atoms with E-state index in [1.165, 1.54) is 5.56 Å². The van der Waals surface area contributed by atoms with Crippen LogP contribution in [0.15, 0.2) is 53.8 Å². The maximum atomic E-state index is 10.1. The fourth-order valence-corrected chi connectivity index (χ4v) is 3.15. The van der Waals surface area contributed by atoms with Gasteiger partial charge in [-0.1, -0.05) is 18.2 Å². The van der Waals surface area contributed by atoms with Gasteiger partial charge in [-0.25, -0.2) is 0 Å². The number of phenols is 1. The molecule has 2 heterocycles. The summed E-state index contributed by atoms with van der Waals surface area (Å²) in [5.41, 5.74) is 2.11. The minimum absolute atomic E-state index is 0. The number of para-hydroxylation sites is 2. The Morgan fingerprint density at radius 1 is 1.15 bits per heavy atom. The molecule has 1 aliphatic heterocycles. The van der Waals surface area contributed by atoms with Crippen molar-refractivity contribution in [1.82, 2.24) is 15.2 Å². The lowest BCUT2D eigenvalue weighted by atomic mass is 10.2. The van der Waals surface area contributed by atoms with Gasteiger partial charge >= 0.3 is 0 Å². The van der Waals surface area contributed by atoms with Gasteiger partial charge in [0.05, 0.1) is 5.69 Å². The number of pyridine rings is 1. The summed E-state index contributed by atoms with van der Waals surface area (Å²) in [5, 5.41) is 13.4. The number of hydrogen-bond donors (Lipinski definition) is 2. The van der Waals surface area contributed by atoms with Crippen LogP contribution in [-0.4, -0.2) is 60.2 Å². The van der Waals surface area contributed by atoms with Crippen molar-refractivity contribution in [3.05, 3.63) is 54.4 Å². The van der Waals surface area contributed by atoms with E-state index in [1.807, 2.05) is 30.5 Å². The van der Waals surface area contributed by atoms with Crippen molar-refractivity contribution in [1.29, 1.82) is 0 Å². The summed E-state index contributed by atoms with van der Waals surface area (Å²) in [6, 6.07) is 11.6. The van der Waals surface area contributed by atoms with E-state index in [4.69, 9.17) is 4.99 Å². The zero-order chi connectivity index (χ0) is 18.2. The molecule has 0 bridgehead atoms. The normalized spacial score (nSPS) is 14.6. The van der Waals surface area contributed by atoms with E-state index in [2.05, 4.69) is 33.1 Å². The van der Waals surface area contributed by atoms with Gasteiger partial charge in [0.1, 0.15) is 5.75 Å². The molecule has 0 saturated carbocycles. The minimum Gasteiger partial charge on any atom is -0.506 e. The Morgan fingerprint density at radius 2 is 1.93 bits per heavy atom. The highest BCUT2D eigenvalue weighted by molar-refractivity contribution is 14.0. The van der Waals surface area contributed by atoms with Crippen LogP contribution < -0.4 is 10.2 Å². The number of guanidine groups is 1. The second-order valence-electron chi connectivity index (χ2n) is 6.31. The lowest BCUT2D eigenvalue weighted by Crippen LogP contribution is -2.52. The van der Waals surface area contributed by atoms with Crippen LogP contribution in [0.1, 0.15) is 12.5 Å². The first-order chi connectivity index (χ1) is 12.8. The summed E-state index contributed by atoms with van der Waals surface area (Å²) in [7, 11) is 0. The van der Waals surface area contributed by atoms with E-state index in [0.29, 0.717) is 5.75 Å². The molecular weight excluding hydrogens is 453 g/mol. The number of rotatable bonds is 5. The summed E-state index contributed by atoms with van der Waals surface area (Å²) in [6.07, 6.45) is 4.58. The van der Waals surface area contributed by atoms with Crippen LogP contribution in [0.25, 0.3) is 0 Å². The van der Waals surface area contributed by atoms with Gasteiger partial charge in [0, 0.05) is 51.7 Å². The molecule has 0 atom stereocenters. The molecule has 0 amide bonds. The number of hydrogen-bond acceptors (Lipinski definition) is 4. The Kier molecular flexibility index (Phi) is 8.63. The SMILES string of the molecule is CCNC(=NCCc1cccnc1)N1CCN(c2ccccc2O)CC1.I. The van der Waals surface area contributed by atoms with Crippen LogP contribution in [0.3, 0.4) is 0 Å². The van der Waals surface area contributed by atoms with Crippen LogP contribution in [0.4, 0.5) is 5.69 Å². The van der Waals surface area contributed by atoms with Gasteiger partial charge in [0.2, 0.25) is 0 Å². The zero-order valence-corrected chi connectivity index (χ0v) is 18.0. The number of aliphatic imine (C=N–C) groups is 1. The van der Waals surface area contributed by atoms with Crippen LogP contribution >= 0.6 is 24.0 Å². The maximum Gasteiger partial charge on any atom is 0.194 e. The fourth-order valence-electron chi connectivity index (χ4n) is 3.15. The highest BCUT2D eigenvalue weighted by Crippen LogP contribution is 2.27. The van der Waals surface area contributed by atoms with Crippen LogP contribution in [-0.2, 0) is 6.42 Å². The Hall–Kier alpha value is -2.03. The third kappa shape index (κ3) is 5.98. The van der Waals surface area contributed by atoms with Crippen molar-refractivity contribution in [3.8, 4) is 5.75 Å². The molecule has 146 valence electrons. The van der Waals surface area contributed by atoms with Crippen molar-refractivity contribution >= 4 is 35.6 Å².